The average molecular weight is 309 g/mol. The highest BCUT2D eigenvalue weighted by Crippen LogP contribution is 2.17. The number of hydrogen-bond donors (Lipinski definition) is 2. The van der Waals surface area contributed by atoms with E-state index < -0.39 is 6.10 Å². The van der Waals surface area contributed by atoms with Crippen molar-refractivity contribution in [3.63, 3.8) is 0 Å². The lowest BCUT2D eigenvalue weighted by atomic mass is 10.1. The fourth-order valence-corrected chi connectivity index (χ4v) is 2.22. The average Bonchev–Trinajstić information content (AvgIpc) is 2.76. The van der Waals surface area contributed by atoms with Gasteiger partial charge in [-0.1, -0.05) is 28.9 Å². The van der Waals surface area contributed by atoms with Crippen molar-refractivity contribution in [3.8, 4) is 0 Å². The third-order valence-electron chi connectivity index (χ3n) is 3.24. The van der Waals surface area contributed by atoms with Gasteiger partial charge in [0.2, 0.25) is 5.91 Å². The number of hydrogen-bond acceptors (Lipinski definition) is 4. The molecule has 0 saturated carbocycles. The van der Waals surface area contributed by atoms with Crippen molar-refractivity contribution in [1.29, 1.82) is 0 Å². The summed E-state index contributed by atoms with van der Waals surface area (Å²) >= 11 is 5.87. The van der Waals surface area contributed by atoms with E-state index in [2.05, 4.69) is 10.5 Å². The molecule has 1 aromatic heterocycles. The second-order valence-electron chi connectivity index (χ2n) is 4.85. The van der Waals surface area contributed by atoms with E-state index in [0.717, 1.165) is 5.56 Å². The molecule has 112 valence electrons. The van der Waals surface area contributed by atoms with E-state index in [0.29, 0.717) is 22.0 Å². The Morgan fingerprint density at radius 1 is 1.48 bits per heavy atom. The number of aliphatic hydroxyl groups is 1. The summed E-state index contributed by atoms with van der Waals surface area (Å²) in [5.41, 5.74) is 2.16. The number of amides is 1. The van der Waals surface area contributed by atoms with Crippen LogP contribution >= 0.6 is 11.6 Å². The first-order valence-corrected chi connectivity index (χ1v) is 6.97. The molecule has 0 radical (unpaired) electrons. The summed E-state index contributed by atoms with van der Waals surface area (Å²) in [5.74, 6) is 0.448. The van der Waals surface area contributed by atoms with E-state index in [1.807, 2.05) is 0 Å². The molecule has 0 aliphatic heterocycles. The molecular formula is C15H17ClN2O3. The van der Waals surface area contributed by atoms with Crippen molar-refractivity contribution in [3.05, 3.63) is 51.9 Å². The molecule has 1 aromatic carbocycles. The standard InChI is InChI=1S/C15H17ClN2O3/c1-9-13(10(2)21-18-9)7-15(20)17-8-14(19)11-4-3-5-12(16)6-11/h3-6,14,19H,7-8H2,1-2H3,(H,17,20). The first-order valence-electron chi connectivity index (χ1n) is 6.59. The Balaban J connectivity index is 1.89. The summed E-state index contributed by atoms with van der Waals surface area (Å²) in [6.07, 6.45) is -0.610. The fraction of sp³-hybridized carbons (Fsp3) is 0.333. The first kappa shape index (κ1) is 15.5. The van der Waals surface area contributed by atoms with Crippen molar-refractivity contribution < 1.29 is 14.4 Å². The third-order valence-corrected chi connectivity index (χ3v) is 3.48. The summed E-state index contributed by atoms with van der Waals surface area (Å²) in [7, 11) is 0. The number of aromatic nitrogens is 1. The number of carbonyl (C=O) groups excluding carboxylic acids is 1. The number of nitrogens with zero attached hydrogens (tertiary/aromatic N) is 1. The smallest absolute Gasteiger partial charge is 0.224 e. The van der Waals surface area contributed by atoms with Gasteiger partial charge in [-0.05, 0) is 31.5 Å². The van der Waals surface area contributed by atoms with Crippen molar-refractivity contribution in [2.45, 2.75) is 26.4 Å². The Hall–Kier alpha value is -1.85. The molecule has 2 N–H and O–H groups in total. The topological polar surface area (TPSA) is 75.4 Å². The zero-order valence-corrected chi connectivity index (χ0v) is 12.6. The molecule has 0 aliphatic carbocycles. The number of aliphatic hydroxyl groups excluding tert-OH is 1. The zero-order chi connectivity index (χ0) is 15.4. The van der Waals surface area contributed by atoms with Crippen LogP contribution in [0.3, 0.4) is 0 Å². The van der Waals surface area contributed by atoms with Gasteiger partial charge in [0.25, 0.3) is 0 Å². The summed E-state index contributed by atoms with van der Waals surface area (Å²) in [6.45, 7) is 3.69. The maximum absolute atomic E-state index is 11.9. The van der Waals surface area contributed by atoms with Crippen LogP contribution < -0.4 is 5.32 Å². The lowest BCUT2D eigenvalue weighted by Crippen LogP contribution is -2.29. The summed E-state index contributed by atoms with van der Waals surface area (Å²) in [4.78, 5) is 11.9. The molecule has 1 unspecified atom stereocenters. The van der Waals surface area contributed by atoms with E-state index >= 15 is 0 Å². The van der Waals surface area contributed by atoms with Gasteiger partial charge in [0.05, 0.1) is 18.2 Å². The van der Waals surface area contributed by atoms with Gasteiger partial charge in [-0.2, -0.15) is 0 Å². The number of nitrogens with one attached hydrogen (secondary N) is 1. The lowest BCUT2D eigenvalue weighted by molar-refractivity contribution is -0.120. The predicted octanol–water partition coefficient (Wildman–Crippen LogP) is 2.34. The largest absolute Gasteiger partial charge is 0.387 e. The molecule has 0 fully saturated rings. The van der Waals surface area contributed by atoms with Crippen LogP contribution in [-0.2, 0) is 11.2 Å². The van der Waals surface area contributed by atoms with Gasteiger partial charge < -0.3 is 14.9 Å². The monoisotopic (exact) mass is 308 g/mol. The van der Waals surface area contributed by atoms with E-state index in [9.17, 15) is 9.90 Å². The van der Waals surface area contributed by atoms with E-state index in [1.54, 1.807) is 38.1 Å². The SMILES string of the molecule is Cc1noc(C)c1CC(=O)NCC(O)c1cccc(Cl)c1. The van der Waals surface area contributed by atoms with Crippen LogP contribution in [-0.4, -0.2) is 22.7 Å². The van der Waals surface area contributed by atoms with Gasteiger partial charge in [0.1, 0.15) is 5.76 Å². The minimum Gasteiger partial charge on any atom is -0.387 e. The Morgan fingerprint density at radius 3 is 2.86 bits per heavy atom. The molecule has 0 aliphatic rings. The highest BCUT2D eigenvalue weighted by molar-refractivity contribution is 6.30. The first-order chi connectivity index (χ1) is 9.97. The predicted molar refractivity (Wildman–Crippen MR) is 79.1 cm³/mol. The van der Waals surface area contributed by atoms with Crippen LogP contribution in [0, 0.1) is 13.8 Å². The number of carbonyl (C=O) groups is 1. The zero-order valence-electron chi connectivity index (χ0n) is 11.9. The van der Waals surface area contributed by atoms with Gasteiger partial charge in [-0.15, -0.1) is 0 Å². The van der Waals surface area contributed by atoms with Crippen LogP contribution in [0.25, 0.3) is 0 Å². The van der Waals surface area contributed by atoms with E-state index in [4.69, 9.17) is 16.1 Å². The molecule has 0 spiro atoms. The molecule has 0 bridgehead atoms. The van der Waals surface area contributed by atoms with Crippen LogP contribution in [0.2, 0.25) is 5.02 Å². The minimum atomic E-state index is -0.794. The lowest BCUT2D eigenvalue weighted by Gasteiger charge is -2.12. The highest BCUT2D eigenvalue weighted by atomic mass is 35.5. The van der Waals surface area contributed by atoms with Gasteiger partial charge in [-0.25, -0.2) is 0 Å². The third kappa shape index (κ3) is 4.06. The van der Waals surface area contributed by atoms with Crippen molar-refractivity contribution in [2.24, 2.45) is 0 Å². The van der Waals surface area contributed by atoms with Crippen LogP contribution in [0.1, 0.15) is 28.7 Å². The minimum absolute atomic E-state index is 0.128. The van der Waals surface area contributed by atoms with Gasteiger partial charge in [0.15, 0.2) is 0 Å². The fourth-order valence-electron chi connectivity index (χ4n) is 2.02. The number of benzene rings is 1. The van der Waals surface area contributed by atoms with Crippen molar-refractivity contribution in [2.75, 3.05) is 6.54 Å². The Kier molecular flexibility index (Phi) is 4.98. The molecule has 1 heterocycles. The molecule has 1 atom stereocenters. The van der Waals surface area contributed by atoms with Crippen LogP contribution in [0.4, 0.5) is 0 Å². The molecule has 2 rings (SSSR count). The maximum atomic E-state index is 11.9. The molecule has 5 nitrogen and oxygen atoms in total. The second kappa shape index (κ2) is 6.74. The normalized spacial score (nSPS) is 12.2. The quantitative estimate of drug-likeness (QED) is 0.889. The van der Waals surface area contributed by atoms with Crippen LogP contribution in [0.5, 0.6) is 0 Å². The van der Waals surface area contributed by atoms with Gasteiger partial charge in [0, 0.05) is 17.1 Å². The molecule has 0 saturated heterocycles. The summed E-state index contributed by atoms with van der Waals surface area (Å²) < 4.78 is 5.01. The molecule has 1 amide bonds. The summed E-state index contributed by atoms with van der Waals surface area (Å²) in [6, 6.07) is 6.92. The van der Waals surface area contributed by atoms with Crippen molar-refractivity contribution in [1.82, 2.24) is 10.5 Å². The highest BCUT2D eigenvalue weighted by Gasteiger charge is 2.15. The Labute approximate surface area is 127 Å². The molecule has 6 heteroatoms. The van der Waals surface area contributed by atoms with Crippen LogP contribution in [0.15, 0.2) is 28.8 Å². The molecule has 2 aromatic rings. The molecular weight excluding hydrogens is 292 g/mol. The summed E-state index contributed by atoms with van der Waals surface area (Å²) in [5, 5.41) is 17.1. The maximum Gasteiger partial charge on any atom is 0.224 e. The second-order valence-corrected chi connectivity index (χ2v) is 5.29. The van der Waals surface area contributed by atoms with Gasteiger partial charge >= 0.3 is 0 Å². The Bertz CT molecular complexity index is 620. The van der Waals surface area contributed by atoms with E-state index in [-0.39, 0.29) is 18.9 Å². The Morgan fingerprint density at radius 2 is 2.24 bits per heavy atom. The van der Waals surface area contributed by atoms with Gasteiger partial charge in [-0.3, -0.25) is 4.79 Å². The molecule has 21 heavy (non-hydrogen) atoms. The van der Waals surface area contributed by atoms with E-state index in [1.165, 1.54) is 0 Å². The number of aryl methyl sites for hydroxylation is 2. The van der Waals surface area contributed by atoms with Crippen molar-refractivity contribution >= 4 is 17.5 Å². The number of halogens is 1. The number of rotatable bonds is 5.